The summed E-state index contributed by atoms with van der Waals surface area (Å²) >= 11 is 7.51. The van der Waals surface area contributed by atoms with Crippen LogP contribution in [0, 0.1) is 25.2 Å². The first-order chi connectivity index (χ1) is 10.0. The van der Waals surface area contributed by atoms with E-state index in [0.29, 0.717) is 10.7 Å². The number of benzene rings is 1. The highest BCUT2D eigenvalue weighted by Gasteiger charge is 2.11. The Hall–Kier alpha value is -2.09. The molecule has 0 spiro atoms. The van der Waals surface area contributed by atoms with Crippen LogP contribution in [0.1, 0.15) is 16.0 Å². The average molecular weight is 317 g/mol. The summed E-state index contributed by atoms with van der Waals surface area (Å²) in [4.78, 5) is 13.0. The highest BCUT2D eigenvalue weighted by Crippen LogP contribution is 2.22. The van der Waals surface area contributed by atoms with E-state index in [2.05, 4.69) is 5.32 Å². The number of carbonyl (C=O) groups is 1. The zero-order valence-corrected chi connectivity index (χ0v) is 13.2. The minimum absolute atomic E-state index is 0.0669. The van der Waals surface area contributed by atoms with Gasteiger partial charge in [0.1, 0.15) is 11.6 Å². The maximum Gasteiger partial charge on any atom is 0.266 e. The van der Waals surface area contributed by atoms with Crippen molar-refractivity contribution in [3.63, 3.8) is 0 Å². The van der Waals surface area contributed by atoms with Gasteiger partial charge in [0.15, 0.2) is 0 Å². The third-order valence-corrected chi connectivity index (χ3v) is 4.35. The number of hydrogen-bond acceptors (Lipinski definition) is 3. The van der Waals surface area contributed by atoms with Crippen LogP contribution in [0.4, 0.5) is 5.69 Å². The van der Waals surface area contributed by atoms with Crippen molar-refractivity contribution in [1.29, 1.82) is 5.26 Å². The van der Waals surface area contributed by atoms with E-state index in [1.165, 1.54) is 11.3 Å². The van der Waals surface area contributed by atoms with E-state index in [0.717, 1.165) is 16.0 Å². The Labute approximate surface area is 132 Å². The largest absolute Gasteiger partial charge is 0.321 e. The molecule has 2 rings (SSSR count). The van der Waals surface area contributed by atoms with E-state index >= 15 is 0 Å². The molecule has 0 saturated heterocycles. The van der Waals surface area contributed by atoms with E-state index < -0.39 is 5.91 Å². The molecule has 0 aliphatic carbocycles. The Bertz CT molecular complexity index is 756. The van der Waals surface area contributed by atoms with Crippen LogP contribution in [0.2, 0.25) is 5.02 Å². The molecule has 0 bridgehead atoms. The number of aryl methyl sites for hydroxylation is 2. The zero-order valence-electron chi connectivity index (χ0n) is 11.6. The quantitative estimate of drug-likeness (QED) is 0.666. The third-order valence-electron chi connectivity index (χ3n) is 2.97. The summed E-state index contributed by atoms with van der Waals surface area (Å²) in [6.45, 7) is 3.82. The first-order valence-electron chi connectivity index (χ1n) is 6.24. The molecular weight excluding hydrogens is 304 g/mol. The van der Waals surface area contributed by atoms with Gasteiger partial charge in [-0.2, -0.15) is 5.26 Å². The third kappa shape index (κ3) is 3.72. The van der Waals surface area contributed by atoms with Crippen molar-refractivity contribution < 1.29 is 4.79 Å². The number of nitrogens with one attached hydrogen (secondary N) is 1. The van der Waals surface area contributed by atoms with Crippen LogP contribution < -0.4 is 5.32 Å². The molecule has 1 aromatic carbocycles. The lowest BCUT2D eigenvalue weighted by Crippen LogP contribution is -2.13. The van der Waals surface area contributed by atoms with Crippen molar-refractivity contribution in [3.8, 4) is 6.07 Å². The van der Waals surface area contributed by atoms with Crippen LogP contribution in [0.15, 0.2) is 35.2 Å². The van der Waals surface area contributed by atoms with Gasteiger partial charge < -0.3 is 5.32 Å². The van der Waals surface area contributed by atoms with Gasteiger partial charge in [-0.3, -0.25) is 4.79 Å². The summed E-state index contributed by atoms with van der Waals surface area (Å²) in [5.41, 5.74) is 2.61. The molecule has 0 saturated carbocycles. The number of anilines is 1. The molecule has 1 amide bonds. The number of thiophene rings is 1. The molecule has 1 heterocycles. The van der Waals surface area contributed by atoms with Crippen molar-refractivity contribution >= 4 is 40.6 Å². The minimum atomic E-state index is -0.440. The monoisotopic (exact) mass is 316 g/mol. The molecule has 1 aromatic heterocycles. The van der Waals surface area contributed by atoms with Gasteiger partial charge in [0.2, 0.25) is 0 Å². The van der Waals surface area contributed by atoms with Crippen LogP contribution >= 0.6 is 22.9 Å². The molecule has 106 valence electrons. The summed E-state index contributed by atoms with van der Waals surface area (Å²) in [6, 6.07) is 9.12. The van der Waals surface area contributed by atoms with E-state index in [-0.39, 0.29) is 5.57 Å². The standard InChI is InChI=1S/C16H13ClN2OS/c1-10-3-4-13(8-14(10)17)19-16(20)12(9-18)7-15-11(2)5-6-21-15/h3-8H,1-2H3,(H,19,20)/b12-7+. The molecule has 1 N–H and O–H groups in total. The first kappa shape index (κ1) is 15.3. The van der Waals surface area contributed by atoms with Crippen LogP contribution in [-0.4, -0.2) is 5.91 Å². The summed E-state index contributed by atoms with van der Waals surface area (Å²) < 4.78 is 0. The molecule has 5 heteroatoms. The molecule has 0 radical (unpaired) electrons. The predicted molar refractivity (Wildman–Crippen MR) is 87.5 cm³/mol. The molecule has 0 aliphatic rings. The predicted octanol–water partition coefficient (Wildman–Crippen LogP) is 4.56. The Morgan fingerprint density at radius 3 is 2.67 bits per heavy atom. The number of hydrogen-bond donors (Lipinski definition) is 1. The highest BCUT2D eigenvalue weighted by molar-refractivity contribution is 7.11. The van der Waals surface area contributed by atoms with Crippen molar-refractivity contribution in [1.82, 2.24) is 0 Å². The smallest absolute Gasteiger partial charge is 0.266 e. The molecule has 2 aromatic rings. The number of amides is 1. The fraction of sp³-hybridized carbons (Fsp3) is 0.125. The summed E-state index contributed by atoms with van der Waals surface area (Å²) in [5, 5.41) is 14.3. The van der Waals surface area contributed by atoms with Crippen LogP contribution in [0.5, 0.6) is 0 Å². The van der Waals surface area contributed by atoms with Crippen molar-refractivity contribution in [2.24, 2.45) is 0 Å². The molecule has 0 fully saturated rings. The second-order valence-corrected chi connectivity index (χ2v) is 5.91. The number of nitrogens with zero attached hydrogens (tertiary/aromatic N) is 1. The molecule has 0 aliphatic heterocycles. The molecule has 3 nitrogen and oxygen atoms in total. The van der Waals surface area contributed by atoms with Gasteiger partial charge in [-0.25, -0.2) is 0 Å². The Morgan fingerprint density at radius 1 is 1.33 bits per heavy atom. The van der Waals surface area contributed by atoms with E-state index in [9.17, 15) is 4.79 Å². The molecular formula is C16H13ClN2OS. The first-order valence-corrected chi connectivity index (χ1v) is 7.50. The van der Waals surface area contributed by atoms with Gasteiger partial charge >= 0.3 is 0 Å². The highest BCUT2D eigenvalue weighted by atomic mass is 35.5. The Morgan fingerprint density at radius 2 is 2.10 bits per heavy atom. The summed E-state index contributed by atoms with van der Waals surface area (Å²) in [7, 11) is 0. The summed E-state index contributed by atoms with van der Waals surface area (Å²) in [6.07, 6.45) is 1.60. The van der Waals surface area contributed by atoms with Crippen LogP contribution in [0.25, 0.3) is 6.08 Å². The Balaban J connectivity index is 2.22. The fourth-order valence-corrected chi connectivity index (χ4v) is 2.72. The number of halogens is 1. The van der Waals surface area contributed by atoms with E-state index in [1.54, 1.807) is 18.2 Å². The maximum absolute atomic E-state index is 12.1. The lowest BCUT2D eigenvalue weighted by molar-refractivity contribution is -0.112. The number of nitriles is 1. The topological polar surface area (TPSA) is 52.9 Å². The molecule has 0 unspecified atom stereocenters. The van der Waals surface area contributed by atoms with Gasteiger partial charge in [-0.05, 0) is 54.6 Å². The maximum atomic E-state index is 12.1. The SMILES string of the molecule is Cc1ccc(NC(=O)/C(C#N)=C/c2sccc2C)cc1Cl. The second kappa shape index (κ2) is 6.57. The second-order valence-electron chi connectivity index (χ2n) is 4.56. The molecule has 21 heavy (non-hydrogen) atoms. The fourth-order valence-electron chi connectivity index (χ4n) is 1.68. The normalized spacial score (nSPS) is 11.0. The van der Waals surface area contributed by atoms with Crippen molar-refractivity contribution in [3.05, 3.63) is 56.2 Å². The van der Waals surface area contributed by atoms with Crippen molar-refractivity contribution in [2.45, 2.75) is 13.8 Å². The average Bonchev–Trinajstić information content (AvgIpc) is 2.85. The lowest BCUT2D eigenvalue weighted by Gasteiger charge is -2.06. The minimum Gasteiger partial charge on any atom is -0.321 e. The molecule has 0 atom stereocenters. The van der Waals surface area contributed by atoms with Gasteiger partial charge in [0, 0.05) is 15.6 Å². The number of rotatable bonds is 3. The van der Waals surface area contributed by atoms with E-state index in [1.807, 2.05) is 37.4 Å². The lowest BCUT2D eigenvalue weighted by atomic mass is 10.2. The zero-order chi connectivity index (χ0) is 15.4. The number of carbonyl (C=O) groups excluding carboxylic acids is 1. The summed E-state index contributed by atoms with van der Waals surface area (Å²) in [5.74, 6) is -0.440. The van der Waals surface area contributed by atoms with Gasteiger partial charge in [0.05, 0.1) is 0 Å². The van der Waals surface area contributed by atoms with Crippen LogP contribution in [0.3, 0.4) is 0 Å². The van der Waals surface area contributed by atoms with Gasteiger partial charge in [-0.15, -0.1) is 11.3 Å². The van der Waals surface area contributed by atoms with Gasteiger partial charge in [-0.1, -0.05) is 17.7 Å². The van der Waals surface area contributed by atoms with Crippen LogP contribution in [-0.2, 0) is 4.79 Å². The van der Waals surface area contributed by atoms with E-state index in [4.69, 9.17) is 16.9 Å². The van der Waals surface area contributed by atoms with Gasteiger partial charge in [0.25, 0.3) is 5.91 Å². The van der Waals surface area contributed by atoms with Crippen molar-refractivity contribution in [2.75, 3.05) is 5.32 Å². The Kier molecular flexibility index (Phi) is 4.79.